The van der Waals surface area contributed by atoms with Crippen LogP contribution in [0.5, 0.6) is 0 Å². The number of carbonyl (C=O) groups is 2. The number of carboxylic acid groups (broad SMARTS) is 1. The maximum Gasteiger partial charge on any atom is 0.307 e. The molecule has 1 aliphatic heterocycles. The molecule has 0 saturated heterocycles. The Bertz CT molecular complexity index is 550. The number of carbonyl (C=O) groups excluding carboxylic acids is 1. The van der Waals surface area contributed by atoms with Crippen LogP contribution < -0.4 is 0 Å². The van der Waals surface area contributed by atoms with Crippen LogP contribution >= 0.6 is 0 Å². The Hall–Kier alpha value is -2.10. The molecular formula is C17H21NO3. The van der Waals surface area contributed by atoms with Crippen molar-refractivity contribution in [3.8, 4) is 0 Å². The third-order valence-corrected chi connectivity index (χ3v) is 4.19. The lowest BCUT2D eigenvalue weighted by Gasteiger charge is -2.30. The topological polar surface area (TPSA) is 57.6 Å². The zero-order chi connectivity index (χ0) is 15.4. The number of hydrogen-bond acceptors (Lipinski definition) is 2. The smallest absolute Gasteiger partial charge is 0.307 e. The minimum atomic E-state index is -0.923. The Kier molecular flexibility index (Phi) is 4.78. The molecule has 2 atom stereocenters. The van der Waals surface area contributed by atoms with Crippen LogP contribution in [0.15, 0.2) is 36.4 Å². The fourth-order valence-corrected chi connectivity index (χ4v) is 2.50. The first-order chi connectivity index (χ1) is 10.0. The molecule has 4 nitrogen and oxygen atoms in total. The Balaban J connectivity index is 2.02. The molecule has 0 fully saturated rings. The van der Waals surface area contributed by atoms with E-state index in [1.807, 2.05) is 18.2 Å². The van der Waals surface area contributed by atoms with E-state index in [9.17, 15) is 9.59 Å². The first kappa shape index (κ1) is 15.3. The number of nitrogens with zero attached hydrogens (tertiary/aromatic N) is 1. The van der Waals surface area contributed by atoms with E-state index >= 15 is 0 Å². The van der Waals surface area contributed by atoms with E-state index in [1.54, 1.807) is 18.7 Å². The summed E-state index contributed by atoms with van der Waals surface area (Å²) in [6.07, 6.45) is 2.87. The molecule has 0 bridgehead atoms. The molecule has 2 unspecified atom stereocenters. The molecule has 1 aromatic carbocycles. The highest BCUT2D eigenvalue weighted by Gasteiger charge is 2.30. The van der Waals surface area contributed by atoms with Gasteiger partial charge in [0.1, 0.15) is 0 Å². The van der Waals surface area contributed by atoms with Crippen LogP contribution in [0.4, 0.5) is 0 Å². The Morgan fingerprint density at radius 3 is 2.33 bits per heavy atom. The second kappa shape index (κ2) is 6.57. The Morgan fingerprint density at radius 2 is 1.81 bits per heavy atom. The van der Waals surface area contributed by atoms with Crippen LogP contribution in [0.3, 0.4) is 0 Å². The highest BCUT2D eigenvalue weighted by molar-refractivity contribution is 5.85. The van der Waals surface area contributed by atoms with Gasteiger partial charge in [-0.2, -0.15) is 0 Å². The summed E-state index contributed by atoms with van der Waals surface area (Å²) >= 11 is 0. The van der Waals surface area contributed by atoms with Crippen molar-refractivity contribution in [3.63, 3.8) is 0 Å². The highest BCUT2D eigenvalue weighted by Crippen LogP contribution is 2.24. The lowest BCUT2D eigenvalue weighted by molar-refractivity contribution is -0.148. The van der Waals surface area contributed by atoms with E-state index in [1.165, 1.54) is 11.1 Å². The molecule has 1 aromatic rings. The first-order valence-electron chi connectivity index (χ1n) is 7.26. The van der Waals surface area contributed by atoms with Crippen molar-refractivity contribution in [2.24, 2.45) is 11.8 Å². The summed E-state index contributed by atoms with van der Waals surface area (Å²) in [4.78, 5) is 25.0. The van der Waals surface area contributed by atoms with Gasteiger partial charge in [-0.1, -0.05) is 50.3 Å². The number of hydrogen-bond donors (Lipinski definition) is 1. The molecule has 112 valence electrons. The van der Waals surface area contributed by atoms with Gasteiger partial charge in [-0.3, -0.25) is 9.59 Å². The van der Waals surface area contributed by atoms with E-state index in [4.69, 9.17) is 5.11 Å². The van der Waals surface area contributed by atoms with Gasteiger partial charge in [0.2, 0.25) is 5.91 Å². The average molecular weight is 287 g/mol. The van der Waals surface area contributed by atoms with E-state index in [-0.39, 0.29) is 5.91 Å². The van der Waals surface area contributed by atoms with Gasteiger partial charge >= 0.3 is 5.97 Å². The molecule has 0 spiro atoms. The second-order valence-corrected chi connectivity index (χ2v) is 5.55. The van der Waals surface area contributed by atoms with Gasteiger partial charge in [-0.05, 0) is 17.6 Å². The lowest BCUT2D eigenvalue weighted by atomic mass is 9.93. The molecule has 1 N–H and O–H groups in total. The first-order valence-corrected chi connectivity index (χ1v) is 7.26. The van der Waals surface area contributed by atoms with E-state index in [0.717, 1.165) is 6.42 Å². The van der Waals surface area contributed by atoms with Crippen LogP contribution in [0.1, 0.15) is 25.8 Å². The number of carboxylic acids is 1. The van der Waals surface area contributed by atoms with Crippen LogP contribution in [-0.4, -0.2) is 35.0 Å². The third-order valence-electron chi connectivity index (χ3n) is 4.19. The van der Waals surface area contributed by atoms with Crippen LogP contribution in [0.25, 0.3) is 5.57 Å². The van der Waals surface area contributed by atoms with Gasteiger partial charge in [0, 0.05) is 19.0 Å². The van der Waals surface area contributed by atoms with Crippen molar-refractivity contribution >= 4 is 17.4 Å². The predicted octanol–water partition coefficient (Wildman–Crippen LogP) is 2.66. The molecule has 21 heavy (non-hydrogen) atoms. The normalized spacial score (nSPS) is 17.8. The fourth-order valence-electron chi connectivity index (χ4n) is 2.50. The Labute approximate surface area is 125 Å². The van der Waals surface area contributed by atoms with Gasteiger partial charge in [-0.25, -0.2) is 0 Å². The molecule has 0 radical (unpaired) electrons. The van der Waals surface area contributed by atoms with E-state index < -0.39 is 17.8 Å². The summed E-state index contributed by atoms with van der Waals surface area (Å²) in [5, 5.41) is 9.01. The zero-order valence-electron chi connectivity index (χ0n) is 12.5. The van der Waals surface area contributed by atoms with Gasteiger partial charge in [0.05, 0.1) is 5.92 Å². The highest BCUT2D eigenvalue weighted by atomic mass is 16.4. The molecule has 1 amide bonds. The summed E-state index contributed by atoms with van der Waals surface area (Å²) in [7, 11) is 0. The summed E-state index contributed by atoms with van der Waals surface area (Å²) < 4.78 is 0. The summed E-state index contributed by atoms with van der Waals surface area (Å²) in [6.45, 7) is 4.48. The van der Waals surface area contributed by atoms with E-state index in [0.29, 0.717) is 13.1 Å². The molecule has 2 rings (SSSR count). The summed E-state index contributed by atoms with van der Waals surface area (Å²) in [5.41, 5.74) is 2.44. The van der Waals surface area contributed by atoms with Crippen molar-refractivity contribution in [1.82, 2.24) is 4.90 Å². The molecule has 1 heterocycles. The standard InChI is InChI=1S/C17H21NO3/c1-12(13(2)17(20)21)16(19)18-10-8-15(9-11-18)14-6-4-3-5-7-14/h3-8,12-13H,9-11H2,1-2H3,(H,20,21). The zero-order valence-corrected chi connectivity index (χ0v) is 12.5. The van der Waals surface area contributed by atoms with Gasteiger partial charge < -0.3 is 10.0 Å². The molecule has 4 heteroatoms. The van der Waals surface area contributed by atoms with Gasteiger partial charge in [0.25, 0.3) is 0 Å². The Morgan fingerprint density at radius 1 is 1.14 bits per heavy atom. The maximum absolute atomic E-state index is 12.3. The second-order valence-electron chi connectivity index (χ2n) is 5.55. The van der Waals surface area contributed by atoms with Gasteiger partial charge in [-0.15, -0.1) is 0 Å². The SMILES string of the molecule is CC(C(=O)O)C(C)C(=O)N1CC=C(c2ccccc2)CC1. The minimum absolute atomic E-state index is 0.0757. The van der Waals surface area contributed by atoms with Crippen molar-refractivity contribution < 1.29 is 14.7 Å². The van der Waals surface area contributed by atoms with Crippen LogP contribution in [0.2, 0.25) is 0 Å². The van der Waals surface area contributed by atoms with Crippen molar-refractivity contribution in [3.05, 3.63) is 42.0 Å². The fraction of sp³-hybridized carbons (Fsp3) is 0.412. The van der Waals surface area contributed by atoms with Crippen molar-refractivity contribution in [2.45, 2.75) is 20.3 Å². The van der Waals surface area contributed by atoms with Crippen molar-refractivity contribution in [1.29, 1.82) is 0 Å². The summed E-state index contributed by atoms with van der Waals surface area (Å²) in [5.74, 6) is -2.15. The number of aliphatic carboxylic acids is 1. The van der Waals surface area contributed by atoms with Crippen molar-refractivity contribution in [2.75, 3.05) is 13.1 Å². The molecule has 0 saturated carbocycles. The minimum Gasteiger partial charge on any atom is -0.481 e. The van der Waals surface area contributed by atoms with Crippen LogP contribution in [-0.2, 0) is 9.59 Å². The number of rotatable bonds is 4. The number of amides is 1. The summed E-state index contributed by atoms with van der Waals surface area (Å²) in [6, 6.07) is 10.1. The number of benzene rings is 1. The third kappa shape index (κ3) is 3.51. The average Bonchev–Trinajstić information content (AvgIpc) is 2.53. The maximum atomic E-state index is 12.3. The van der Waals surface area contributed by atoms with Crippen LogP contribution in [0, 0.1) is 11.8 Å². The van der Waals surface area contributed by atoms with Gasteiger partial charge in [0.15, 0.2) is 0 Å². The molecule has 0 aliphatic carbocycles. The molecule has 0 aromatic heterocycles. The molecule has 1 aliphatic rings. The van der Waals surface area contributed by atoms with E-state index in [2.05, 4.69) is 18.2 Å². The largest absolute Gasteiger partial charge is 0.481 e. The monoisotopic (exact) mass is 287 g/mol. The quantitative estimate of drug-likeness (QED) is 0.926. The lowest BCUT2D eigenvalue weighted by Crippen LogP contribution is -2.41. The predicted molar refractivity (Wildman–Crippen MR) is 81.6 cm³/mol. The molecular weight excluding hydrogens is 266 g/mol.